The first-order chi connectivity index (χ1) is 6.93. The highest BCUT2D eigenvalue weighted by Gasteiger charge is 2.11. The van der Waals surface area contributed by atoms with E-state index >= 15 is 0 Å². The van der Waals surface area contributed by atoms with Gasteiger partial charge in [-0.2, -0.15) is 0 Å². The molecule has 0 saturated carbocycles. The van der Waals surface area contributed by atoms with Gasteiger partial charge in [-0.05, 0) is 6.42 Å². The van der Waals surface area contributed by atoms with Gasteiger partial charge in [0, 0.05) is 0 Å². The Morgan fingerprint density at radius 1 is 1.14 bits per heavy atom. The molecule has 1 fully saturated rings. The third-order valence-corrected chi connectivity index (χ3v) is 8.79. The zero-order chi connectivity index (χ0) is 10.1. The SMILES string of the molecule is CCCCC=C[SiH]1O[SiH2]O[SiH2]O[SiH2]O1. The second-order valence-electron chi connectivity index (χ2n) is 3.03. The molecule has 8 heteroatoms. The fourth-order valence-corrected chi connectivity index (χ4v) is 9.25. The number of hydrogen-bond acceptors (Lipinski definition) is 4. The first-order valence-electron chi connectivity index (χ1n) is 4.99. The maximum atomic E-state index is 5.60. The lowest BCUT2D eigenvalue weighted by atomic mass is 10.2. The van der Waals surface area contributed by atoms with Crippen LogP contribution in [0.4, 0.5) is 0 Å². The summed E-state index contributed by atoms with van der Waals surface area (Å²) in [6.45, 7) is 2.19. The van der Waals surface area contributed by atoms with E-state index in [-0.39, 0.29) is 0 Å². The van der Waals surface area contributed by atoms with E-state index in [0.717, 1.165) is 6.42 Å². The first-order valence-corrected chi connectivity index (χ1v) is 10.1. The summed E-state index contributed by atoms with van der Waals surface area (Å²) in [6.07, 6.45) is 5.79. The molecule has 0 spiro atoms. The van der Waals surface area contributed by atoms with Gasteiger partial charge in [0.2, 0.25) is 0 Å². The molecule has 0 unspecified atom stereocenters. The standard InChI is InChI=1S/C6H18O4Si4/c1-2-3-4-5-6-14-9-12-7-11-8-13-10-14/h5-6,14H,2-4,11-13H2,1H3. The van der Waals surface area contributed by atoms with Gasteiger partial charge in [-0.15, -0.1) is 0 Å². The second kappa shape index (κ2) is 8.73. The van der Waals surface area contributed by atoms with E-state index in [1.54, 1.807) is 0 Å². The molecule has 0 aromatic heterocycles. The summed E-state index contributed by atoms with van der Waals surface area (Å²) in [5, 5.41) is 0. The Labute approximate surface area is 94.0 Å². The Hall–Kier alpha value is 0.448. The lowest BCUT2D eigenvalue weighted by Gasteiger charge is -2.17. The van der Waals surface area contributed by atoms with Crippen molar-refractivity contribution < 1.29 is 16.5 Å². The molecule has 0 radical (unpaired) electrons. The smallest absolute Gasteiger partial charge is 0.329 e. The minimum Gasteiger partial charge on any atom is -0.425 e. The van der Waals surface area contributed by atoms with E-state index in [4.69, 9.17) is 16.5 Å². The third kappa shape index (κ3) is 6.03. The van der Waals surface area contributed by atoms with Crippen LogP contribution in [-0.4, -0.2) is 39.3 Å². The van der Waals surface area contributed by atoms with Gasteiger partial charge in [0.1, 0.15) is 0 Å². The van der Waals surface area contributed by atoms with Gasteiger partial charge in [0.15, 0.2) is 0 Å². The quantitative estimate of drug-likeness (QED) is 0.462. The molecular formula is C6H18O4Si4. The summed E-state index contributed by atoms with van der Waals surface area (Å²) in [6, 6.07) is 0. The summed E-state index contributed by atoms with van der Waals surface area (Å²) < 4.78 is 21.8. The van der Waals surface area contributed by atoms with Crippen molar-refractivity contribution in [1.29, 1.82) is 0 Å². The Balaban J connectivity index is 2.16. The zero-order valence-electron chi connectivity index (χ0n) is 8.61. The van der Waals surface area contributed by atoms with Crippen LogP contribution in [0.15, 0.2) is 11.8 Å². The van der Waals surface area contributed by atoms with Crippen molar-refractivity contribution in [1.82, 2.24) is 0 Å². The lowest BCUT2D eigenvalue weighted by molar-refractivity contribution is 0.336. The fourth-order valence-electron chi connectivity index (χ4n) is 1.05. The van der Waals surface area contributed by atoms with Crippen molar-refractivity contribution in [3.8, 4) is 0 Å². The van der Waals surface area contributed by atoms with Crippen molar-refractivity contribution >= 4 is 39.3 Å². The lowest BCUT2D eigenvalue weighted by Crippen LogP contribution is -2.31. The molecule has 1 rings (SSSR count). The minimum atomic E-state index is -1.53. The van der Waals surface area contributed by atoms with Gasteiger partial charge < -0.3 is 16.5 Å². The average molecular weight is 267 g/mol. The van der Waals surface area contributed by atoms with Crippen molar-refractivity contribution in [2.45, 2.75) is 26.2 Å². The van der Waals surface area contributed by atoms with E-state index in [2.05, 4.69) is 18.7 Å². The summed E-state index contributed by atoms with van der Waals surface area (Å²) in [5.41, 5.74) is 2.12. The van der Waals surface area contributed by atoms with Crippen LogP contribution < -0.4 is 0 Å². The minimum absolute atomic E-state index is 0.727. The number of unbranched alkanes of at least 4 members (excludes halogenated alkanes) is 2. The van der Waals surface area contributed by atoms with Crippen LogP contribution in [0.3, 0.4) is 0 Å². The number of hydrogen-bond donors (Lipinski definition) is 0. The van der Waals surface area contributed by atoms with Crippen LogP contribution in [0.1, 0.15) is 26.2 Å². The maximum absolute atomic E-state index is 5.60. The van der Waals surface area contributed by atoms with Crippen LogP contribution in [-0.2, 0) is 16.5 Å². The van der Waals surface area contributed by atoms with Crippen molar-refractivity contribution in [2.24, 2.45) is 0 Å². The molecule has 82 valence electrons. The molecule has 1 saturated heterocycles. The van der Waals surface area contributed by atoms with E-state index in [0.29, 0.717) is 0 Å². The monoisotopic (exact) mass is 266 g/mol. The summed E-state index contributed by atoms with van der Waals surface area (Å²) >= 11 is 0. The van der Waals surface area contributed by atoms with E-state index < -0.39 is 39.3 Å². The Bertz CT molecular complexity index is 160. The molecule has 1 heterocycles. The van der Waals surface area contributed by atoms with Gasteiger partial charge in [0.25, 0.3) is 30.0 Å². The molecule has 0 aromatic rings. The Kier molecular flexibility index (Phi) is 7.81. The highest BCUT2D eigenvalue weighted by Crippen LogP contribution is 1.99. The highest BCUT2D eigenvalue weighted by atomic mass is 28.4. The van der Waals surface area contributed by atoms with Gasteiger partial charge in [-0.3, -0.25) is 0 Å². The van der Waals surface area contributed by atoms with Crippen LogP contribution in [0, 0.1) is 0 Å². The van der Waals surface area contributed by atoms with Crippen molar-refractivity contribution in [3.63, 3.8) is 0 Å². The molecule has 14 heavy (non-hydrogen) atoms. The van der Waals surface area contributed by atoms with Crippen molar-refractivity contribution in [2.75, 3.05) is 0 Å². The molecule has 0 atom stereocenters. The average Bonchev–Trinajstić information content (AvgIpc) is 2.15. The van der Waals surface area contributed by atoms with E-state index in [1.807, 2.05) is 0 Å². The molecule has 0 N–H and O–H groups in total. The van der Waals surface area contributed by atoms with Gasteiger partial charge >= 0.3 is 9.28 Å². The molecule has 1 aliphatic rings. The summed E-state index contributed by atoms with van der Waals surface area (Å²) in [7, 11) is -3.84. The maximum Gasteiger partial charge on any atom is 0.329 e. The molecule has 0 bridgehead atoms. The molecule has 0 aliphatic carbocycles. The van der Waals surface area contributed by atoms with Crippen LogP contribution in [0.5, 0.6) is 0 Å². The van der Waals surface area contributed by atoms with Gasteiger partial charge in [-0.1, -0.05) is 31.5 Å². The molecule has 1 aliphatic heterocycles. The van der Waals surface area contributed by atoms with Gasteiger partial charge in [0.05, 0.1) is 0 Å². The summed E-state index contributed by atoms with van der Waals surface area (Å²) in [4.78, 5) is 0. The Morgan fingerprint density at radius 2 is 1.86 bits per heavy atom. The predicted octanol–water partition coefficient (Wildman–Crippen LogP) is -1.43. The number of allylic oxidation sites excluding steroid dienone is 1. The normalized spacial score (nSPS) is 29.9. The van der Waals surface area contributed by atoms with Crippen LogP contribution >= 0.6 is 0 Å². The second-order valence-corrected chi connectivity index (χ2v) is 10.8. The van der Waals surface area contributed by atoms with E-state index in [9.17, 15) is 0 Å². The molecular weight excluding hydrogens is 248 g/mol. The Morgan fingerprint density at radius 3 is 2.50 bits per heavy atom. The fraction of sp³-hybridized carbons (Fsp3) is 0.667. The first kappa shape index (κ1) is 12.5. The molecule has 0 aromatic carbocycles. The number of rotatable bonds is 4. The van der Waals surface area contributed by atoms with Crippen LogP contribution in [0.25, 0.3) is 0 Å². The highest BCUT2D eigenvalue weighted by molar-refractivity contribution is 6.63. The molecule has 0 amide bonds. The topological polar surface area (TPSA) is 36.9 Å². The largest absolute Gasteiger partial charge is 0.425 e. The van der Waals surface area contributed by atoms with Crippen LogP contribution in [0.2, 0.25) is 0 Å². The van der Waals surface area contributed by atoms with Gasteiger partial charge in [-0.25, -0.2) is 0 Å². The third-order valence-electron chi connectivity index (χ3n) is 1.82. The zero-order valence-corrected chi connectivity index (χ0v) is 14.0. The van der Waals surface area contributed by atoms with Crippen molar-refractivity contribution in [3.05, 3.63) is 11.8 Å². The van der Waals surface area contributed by atoms with E-state index in [1.165, 1.54) is 12.8 Å². The molecule has 4 nitrogen and oxygen atoms in total. The predicted molar refractivity (Wildman–Crippen MR) is 65.8 cm³/mol. The summed E-state index contributed by atoms with van der Waals surface area (Å²) in [5.74, 6) is 0.